The number of hydrogen-bond donors (Lipinski definition) is 2. The first kappa shape index (κ1) is 21.2. The number of nitrogens with zero attached hydrogens (tertiary/aromatic N) is 2. The highest BCUT2D eigenvalue weighted by Crippen LogP contribution is 2.27. The summed E-state index contributed by atoms with van der Waals surface area (Å²) >= 11 is 0. The number of carbonyl (C=O) groups excluding carboxylic acids is 1. The Balaban J connectivity index is 2.09. The van der Waals surface area contributed by atoms with Crippen molar-refractivity contribution < 1.29 is 19.4 Å². The fraction of sp³-hybridized carbons (Fsp3) is 0.381. The molecule has 1 heterocycles. The third-order valence-electron chi connectivity index (χ3n) is 4.31. The second-order valence-electron chi connectivity index (χ2n) is 7.70. The number of carbonyl (C=O) groups is 2. The molecule has 0 spiro atoms. The molecule has 0 aliphatic heterocycles. The summed E-state index contributed by atoms with van der Waals surface area (Å²) in [6.07, 6.45) is 0.334. The largest absolute Gasteiger partial charge is 0.465 e. The quantitative estimate of drug-likeness (QED) is 0.785. The van der Waals surface area contributed by atoms with Gasteiger partial charge in [-0.05, 0) is 58.7 Å². The molecule has 7 nitrogen and oxygen atoms in total. The average Bonchev–Trinajstić information content (AvgIpc) is 2.58. The van der Waals surface area contributed by atoms with Gasteiger partial charge in [-0.2, -0.15) is 0 Å². The number of amides is 2. The van der Waals surface area contributed by atoms with Crippen LogP contribution in [0.2, 0.25) is 0 Å². The van der Waals surface area contributed by atoms with Gasteiger partial charge in [0.25, 0.3) is 0 Å². The summed E-state index contributed by atoms with van der Waals surface area (Å²) in [6.45, 7) is 10.7. The van der Waals surface area contributed by atoms with E-state index >= 15 is 0 Å². The topological polar surface area (TPSA) is 91.8 Å². The third-order valence-corrected chi connectivity index (χ3v) is 4.31. The molecule has 150 valence electrons. The van der Waals surface area contributed by atoms with Crippen LogP contribution in [0.25, 0.3) is 0 Å². The van der Waals surface area contributed by atoms with Gasteiger partial charge in [-0.15, -0.1) is 0 Å². The van der Waals surface area contributed by atoms with Gasteiger partial charge in [0.1, 0.15) is 11.8 Å². The molecular weight excluding hydrogens is 358 g/mol. The van der Waals surface area contributed by atoms with Crippen molar-refractivity contribution in [3.63, 3.8) is 0 Å². The van der Waals surface area contributed by atoms with E-state index in [-0.39, 0.29) is 0 Å². The van der Waals surface area contributed by atoms with E-state index < -0.39 is 23.6 Å². The molecule has 0 fully saturated rings. The fourth-order valence-corrected chi connectivity index (χ4v) is 2.98. The maximum Gasteiger partial charge on any atom is 0.408 e. The van der Waals surface area contributed by atoms with Gasteiger partial charge in [0, 0.05) is 11.6 Å². The van der Waals surface area contributed by atoms with Crippen molar-refractivity contribution in [2.24, 2.45) is 0 Å². The van der Waals surface area contributed by atoms with Crippen molar-refractivity contribution in [3.05, 3.63) is 47.7 Å². The molecule has 0 saturated carbocycles. The van der Waals surface area contributed by atoms with E-state index in [1.165, 1.54) is 6.20 Å². The molecule has 2 amide bonds. The number of benzene rings is 1. The van der Waals surface area contributed by atoms with Crippen molar-refractivity contribution in [3.8, 4) is 11.6 Å². The van der Waals surface area contributed by atoms with E-state index in [4.69, 9.17) is 4.74 Å². The van der Waals surface area contributed by atoms with E-state index in [9.17, 15) is 14.7 Å². The van der Waals surface area contributed by atoms with Gasteiger partial charge in [-0.1, -0.05) is 18.2 Å². The minimum Gasteiger partial charge on any atom is -0.465 e. The van der Waals surface area contributed by atoms with Crippen molar-refractivity contribution in [2.75, 3.05) is 5.32 Å². The molecular formula is C21H27N3O4. The highest BCUT2D eigenvalue weighted by atomic mass is 16.5. The first-order valence-corrected chi connectivity index (χ1v) is 9.04. The molecule has 1 aromatic heterocycles. The summed E-state index contributed by atoms with van der Waals surface area (Å²) in [6, 6.07) is 8.35. The molecule has 0 aliphatic carbocycles. The second kappa shape index (κ2) is 8.29. The van der Waals surface area contributed by atoms with Crippen LogP contribution in [-0.4, -0.2) is 38.6 Å². The number of pyridine rings is 1. The molecule has 1 atom stereocenters. The number of para-hydroxylation sites is 1. The molecule has 7 heteroatoms. The van der Waals surface area contributed by atoms with Crippen LogP contribution in [0.4, 0.5) is 10.5 Å². The van der Waals surface area contributed by atoms with E-state index in [1.54, 1.807) is 39.8 Å². The van der Waals surface area contributed by atoms with Crippen molar-refractivity contribution >= 4 is 17.7 Å². The van der Waals surface area contributed by atoms with E-state index in [1.807, 2.05) is 32.0 Å². The van der Waals surface area contributed by atoms with Crippen molar-refractivity contribution in [1.29, 1.82) is 0 Å². The molecule has 0 unspecified atom stereocenters. The number of rotatable bonds is 5. The van der Waals surface area contributed by atoms with Crippen molar-refractivity contribution in [2.45, 2.75) is 53.1 Å². The first-order valence-electron chi connectivity index (χ1n) is 9.04. The van der Waals surface area contributed by atoms with E-state index in [0.29, 0.717) is 11.6 Å². The Kier molecular flexibility index (Phi) is 6.28. The lowest BCUT2D eigenvalue weighted by molar-refractivity contribution is -0.121. The average molecular weight is 385 g/mol. The Labute approximate surface area is 165 Å². The van der Waals surface area contributed by atoms with Crippen LogP contribution in [0.3, 0.4) is 0 Å². The monoisotopic (exact) mass is 385 g/mol. The number of nitrogens with one attached hydrogen (secondary N) is 1. The summed E-state index contributed by atoms with van der Waals surface area (Å²) in [5.41, 5.74) is 1.77. The molecule has 2 rings (SSSR count). The lowest BCUT2D eigenvalue weighted by Gasteiger charge is -2.37. The van der Waals surface area contributed by atoms with Gasteiger partial charge < -0.3 is 15.2 Å². The predicted molar refractivity (Wildman–Crippen MR) is 108 cm³/mol. The van der Waals surface area contributed by atoms with Gasteiger partial charge >= 0.3 is 6.09 Å². The summed E-state index contributed by atoms with van der Waals surface area (Å²) in [5.74, 6) is 0.732. The van der Waals surface area contributed by atoms with Gasteiger partial charge in [-0.3, -0.25) is 9.69 Å². The summed E-state index contributed by atoms with van der Waals surface area (Å²) in [7, 11) is 0. The lowest BCUT2D eigenvalue weighted by atomic mass is 10.0. The van der Waals surface area contributed by atoms with Crippen LogP contribution in [0.15, 0.2) is 36.5 Å². The normalized spacial score (nSPS) is 12.2. The standard InChI is InChI=1S/C21H27N3O4/c1-13-8-7-9-14(2)18(13)28-17-11-10-16(12-22-17)23-19(25)15(3)24(20(26)27)21(4,5)6/h7-12,15H,1-6H3,(H,23,25)(H,26,27)/t15-/m1/s1. The number of carboxylic acid groups (broad SMARTS) is 1. The van der Waals surface area contributed by atoms with Gasteiger partial charge in [0.2, 0.25) is 11.8 Å². The lowest BCUT2D eigenvalue weighted by Crippen LogP contribution is -2.54. The Morgan fingerprint density at radius 3 is 2.21 bits per heavy atom. The smallest absolute Gasteiger partial charge is 0.408 e. The predicted octanol–water partition coefficient (Wildman–Crippen LogP) is 4.60. The molecule has 0 bridgehead atoms. The zero-order chi connectivity index (χ0) is 21.1. The first-order chi connectivity index (χ1) is 13.0. The summed E-state index contributed by atoms with van der Waals surface area (Å²) in [4.78, 5) is 29.4. The molecule has 1 aromatic carbocycles. The van der Waals surface area contributed by atoms with E-state index in [0.717, 1.165) is 21.8 Å². The Morgan fingerprint density at radius 2 is 1.75 bits per heavy atom. The van der Waals surface area contributed by atoms with Crippen LogP contribution in [0.5, 0.6) is 11.6 Å². The number of hydrogen-bond acceptors (Lipinski definition) is 4. The molecule has 2 N–H and O–H groups in total. The summed E-state index contributed by atoms with van der Waals surface area (Å²) < 4.78 is 5.85. The number of ether oxygens (including phenoxy) is 1. The number of aryl methyl sites for hydroxylation is 2. The van der Waals surface area contributed by atoms with Crippen molar-refractivity contribution in [1.82, 2.24) is 9.88 Å². The molecule has 2 aromatic rings. The number of aromatic nitrogens is 1. The zero-order valence-corrected chi connectivity index (χ0v) is 17.1. The minimum absolute atomic E-state index is 0.408. The molecule has 28 heavy (non-hydrogen) atoms. The van der Waals surface area contributed by atoms with Crippen LogP contribution < -0.4 is 10.1 Å². The highest BCUT2D eigenvalue weighted by Gasteiger charge is 2.34. The molecule has 0 aliphatic rings. The number of anilines is 1. The van der Waals surface area contributed by atoms with Crippen LogP contribution in [0, 0.1) is 13.8 Å². The third kappa shape index (κ3) is 5.00. The fourth-order valence-electron chi connectivity index (χ4n) is 2.98. The Hall–Kier alpha value is -3.09. The van der Waals surface area contributed by atoms with Crippen LogP contribution >= 0.6 is 0 Å². The van der Waals surface area contributed by atoms with Gasteiger partial charge in [0.05, 0.1) is 11.9 Å². The van der Waals surface area contributed by atoms with Crippen LogP contribution in [0.1, 0.15) is 38.8 Å². The summed E-state index contributed by atoms with van der Waals surface area (Å²) in [5, 5.41) is 12.1. The Bertz CT molecular complexity index is 837. The van der Waals surface area contributed by atoms with Gasteiger partial charge in [0.15, 0.2) is 0 Å². The molecule has 0 saturated heterocycles. The zero-order valence-electron chi connectivity index (χ0n) is 17.1. The highest BCUT2D eigenvalue weighted by molar-refractivity contribution is 5.96. The Morgan fingerprint density at radius 1 is 1.14 bits per heavy atom. The van der Waals surface area contributed by atoms with Gasteiger partial charge in [-0.25, -0.2) is 9.78 Å². The SMILES string of the molecule is Cc1cccc(C)c1Oc1ccc(NC(=O)[C@@H](C)N(C(=O)O)C(C)(C)C)cn1. The second-order valence-corrected chi connectivity index (χ2v) is 7.70. The van der Waals surface area contributed by atoms with Crippen LogP contribution in [-0.2, 0) is 4.79 Å². The molecule has 0 radical (unpaired) electrons. The maximum atomic E-state index is 12.5. The maximum absolute atomic E-state index is 12.5. The van der Waals surface area contributed by atoms with E-state index in [2.05, 4.69) is 10.3 Å². The minimum atomic E-state index is -1.15.